The highest BCUT2D eigenvalue weighted by molar-refractivity contribution is 7.91. The lowest BCUT2D eigenvalue weighted by Crippen LogP contribution is -2.11. The minimum absolute atomic E-state index is 0.0969. The van der Waals surface area contributed by atoms with Gasteiger partial charge in [-0.25, -0.2) is 18.4 Å². The molecular formula is C15H19N3O2S. The average molecular weight is 305 g/mol. The normalized spacial score (nSPS) is 11.5. The number of nitrogens with zero attached hydrogens (tertiary/aromatic N) is 3. The first-order chi connectivity index (χ1) is 10.1. The molecular weight excluding hydrogens is 286 g/mol. The third-order valence-electron chi connectivity index (χ3n) is 3.14. The fraction of sp³-hybridized carbons (Fsp3) is 0.400. The van der Waals surface area contributed by atoms with E-state index in [1.54, 1.807) is 24.5 Å². The van der Waals surface area contributed by atoms with E-state index in [1.807, 2.05) is 6.07 Å². The van der Waals surface area contributed by atoms with Gasteiger partial charge in [-0.1, -0.05) is 26.2 Å². The lowest BCUT2D eigenvalue weighted by atomic mass is 10.2. The summed E-state index contributed by atoms with van der Waals surface area (Å²) in [6, 6.07) is 5.32. The van der Waals surface area contributed by atoms with Crippen molar-refractivity contribution in [3.63, 3.8) is 0 Å². The van der Waals surface area contributed by atoms with Crippen LogP contribution in [0.15, 0.2) is 41.9 Å². The van der Waals surface area contributed by atoms with E-state index in [0.29, 0.717) is 12.1 Å². The van der Waals surface area contributed by atoms with E-state index in [-0.39, 0.29) is 10.9 Å². The number of hydrogen-bond acceptors (Lipinski definition) is 5. The van der Waals surface area contributed by atoms with E-state index in [0.717, 1.165) is 24.8 Å². The van der Waals surface area contributed by atoms with Crippen LogP contribution in [0, 0.1) is 0 Å². The highest BCUT2D eigenvalue weighted by Crippen LogP contribution is 2.17. The zero-order chi connectivity index (χ0) is 15.1. The van der Waals surface area contributed by atoms with Crippen LogP contribution < -0.4 is 0 Å². The van der Waals surface area contributed by atoms with E-state index in [9.17, 15) is 8.42 Å². The predicted octanol–water partition coefficient (Wildman–Crippen LogP) is 2.89. The quantitative estimate of drug-likeness (QED) is 0.581. The first-order valence-corrected chi connectivity index (χ1v) is 8.75. The first kappa shape index (κ1) is 15.6. The van der Waals surface area contributed by atoms with E-state index < -0.39 is 9.84 Å². The van der Waals surface area contributed by atoms with Gasteiger partial charge in [0.1, 0.15) is 0 Å². The second kappa shape index (κ2) is 7.26. The van der Waals surface area contributed by atoms with Crippen molar-refractivity contribution >= 4 is 9.84 Å². The number of aromatic nitrogens is 3. The van der Waals surface area contributed by atoms with Gasteiger partial charge >= 0.3 is 0 Å². The first-order valence-electron chi connectivity index (χ1n) is 7.09. The molecule has 2 aromatic rings. The van der Waals surface area contributed by atoms with Crippen molar-refractivity contribution in [2.75, 3.05) is 5.75 Å². The lowest BCUT2D eigenvalue weighted by molar-refractivity contribution is 0.580. The molecule has 0 radical (unpaired) electrons. The maximum absolute atomic E-state index is 12.2. The molecule has 0 bridgehead atoms. The summed E-state index contributed by atoms with van der Waals surface area (Å²) in [5.74, 6) is 0.101. The molecule has 2 rings (SSSR count). The maximum atomic E-state index is 12.2. The Morgan fingerprint density at radius 1 is 1.10 bits per heavy atom. The van der Waals surface area contributed by atoms with Gasteiger partial charge in [0.2, 0.25) is 15.0 Å². The van der Waals surface area contributed by atoms with E-state index >= 15 is 0 Å². The standard InChI is InChI=1S/C15H19N3O2S/c1-2-3-4-5-11-21(19,20)15-17-10-8-14(18-15)13-7-6-9-16-12-13/h6-10,12H,2-5,11H2,1H3. The Balaban J connectivity index is 2.17. The fourth-order valence-electron chi connectivity index (χ4n) is 1.98. The summed E-state index contributed by atoms with van der Waals surface area (Å²) in [6.45, 7) is 2.09. The number of unbranched alkanes of at least 4 members (excludes halogenated alkanes) is 3. The Labute approximate surface area is 125 Å². The molecule has 0 saturated heterocycles. The Hall–Kier alpha value is -1.82. The molecule has 2 aromatic heterocycles. The van der Waals surface area contributed by atoms with Crippen LogP contribution >= 0.6 is 0 Å². The van der Waals surface area contributed by atoms with Gasteiger partial charge in [-0.2, -0.15) is 0 Å². The Morgan fingerprint density at radius 2 is 1.95 bits per heavy atom. The van der Waals surface area contributed by atoms with Gasteiger partial charge in [-0.15, -0.1) is 0 Å². The van der Waals surface area contributed by atoms with Gasteiger partial charge in [-0.3, -0.25) is 4.98 Å². The molecule has 5 nitrogen and oxygen atoms in total. The second-order valence-corrected chi connectivity index (χ2v) is 6.85. The van der Waals surface area contributed by atoms with Crippen LogP contribution in [-0.4, -0.2) is 29.1 Å². The summed E-state index contributed by atoms with van der Waals surface area (Å²) in [6.07, 6.45) is 8.48. The summed E-state index contributed by atoms with van der Waals surface area (Å²) in [5, 5.41) is -0.0969. The van der Waals surface area contributed by atoms with Crippen LogP contribution in [-0.2, 0) is 9.84 Å². The Bertz CT molecular complexity index is 672. The number of rotatable bonds is 7. The summed E-state index contributed by atoms with van der Waals surface area (Å²) < 4.78 is 24.5. The van der Waals surface area contributed by atoms with Crippen LogP contribution in [0.5, 0.6) is 0 Å². The molecule has 0 N–H and O–H groups in total. The van der Waals surface area contributed by atoms with E-state index in [1.165, 1.54) is 6.20 Å². The molecule has 0 atom stereocenters. The average Bonchev–Trinajstić information content (AvgIpc) is 2.53. The maximum Gasteiger partial charge on any atom is 0.247 e. The summed E-state index contributed by atoms with van der Waals surface area (Å²) in [7, 11) is -3.41. The molecule has 0 aliphatic rings. The van der Waals surface area contributed by atoms with Gasteiger partial charge < -0.3 is 0 Å². The van der Waals surface area contributed by atoms with Crippen LogP contribution in [0.2, 0.25) is 0 Å². The minimum atomic E-state index is -3.41. The van der Waals surface area contributed by atoms with Crippen molar-refractivity contribution in [2.45, 2.75) is 37.8 Å². The highest BCUT2D eigenvalue weighted by atomic mass is 32.2. The van der Waals surface area contributed by atoms with Crippen LogP contribution in [0.4, 0.5) is 0 Å². The molecule has 112 valence electrons. The van der Waals surface area contributed by atoms with Gasteiger partial charge in [0, 0.05) is 24.2 Å². The van der Waals surface area contributed by atoms with Gasteiger partial charge in [0.05, 0.1) is 11.4 Å². The molecule has 0 aliphatic heterocycles. The van der Waals surface area contributed by atoms with Gasteiger partial charge in [0.25, 0.3) is 0 Å². The molecule has 2 heterocycles. The molecule has 0 fully saturated rings. The largest absolute Gasteiger partial charge is 0.264 e. The second-order valence-electron chi connectivity index (χ2n) is 4.85. The molecule has 0 aliphatic carbocycles. The minimum Gasteiger partial charge on any atom is -0.264 e. The third-order valence-corrected chi connectivity index (χ3v) is 4.71. The number of hydrogen-bond donors (Lipinski definition) is 0. The molecule has 0 saturated carbocycles. The van der Waals surface area contributed by atoms with Crippen LogP contribution in [0.3, 0.4) is 0 Å². The number of pyridine rings is 1. The predicted molar refractivity (Wildman–Crippen MR) is 81.5 cm³/mol. The molecule has 21 heavy (non-hydrogen) atoms. The molecule has 6 heteroatoms. The summed E-state index contributed by atoms with van der Waals surface area (Å²) in [4.78, 5) is 12.1. The number of sulfone groups is 1. The smallest absolute Gasteiger partial charge is 0.247 e. The zero-order valence-electron chi connectivity index (χ0n) is 12.1. The summed E-state index contributed by atoms with van der Waals surface area (Å²) >= 11 is 0. The molecule has 0 amide bonds. The fourth-order valence-corrected chi connectivity index (χ4v) is 3.20. The van der Waals surface area contributed by atoms with Gasteiger partial charge in [0.15, 0.2) is 0 Å². The monoisotopic (exact) mass is 305 g/mol. The van der Waals surface area contributed by atoms with Crippen molar-refractivity contribution in [3.05, 3.63) is 36.8 Å². The van der Waals surface area contributed by atoms with E-state index in [2.05, 4.69) is 21.9 Å². The third kappa shape index (κ3) is 4.32. The van der Waals surface area contributed by atoms with Crippen molar-refractivity contribution in [1.82, 2.24) is 15.0 Å². The van der Waals surface area contributed by atoms with Crippen molar-refractivity contribution in [2.24, 2.45) is 0 Å². The van der Waals surface area contributed by atoms with Crippen molar-refractivity contribution in [3.8, 4) is 11.3 Å². The van der Waals surface area contributed by atoms with Crippen LogP contribution in [0.1, 0.15) is 32.6 Å². The van der Waals surface area contributed by atoms with Crippen LogP contribution in [0.25, 0.3) is 11.3 Å². The van der Waals surface area contributed by atoms with E-state index in [4.69, 9.17) is 0 Å². The topological polar surface area (TPSA) is 72.8 Å². The SMILES string of the molecule is CCCCCCS(=O)(=O)c1nccc(-c2cccnc2)n1. The van der Waals surface area contributed by atoms with Crippen molar-refractivity contribution < 1.29 is 8.42 Å². The molecule has 0 aromatic carbocycles. The van der Waals surface area contributed by atoms with Crippen molar-refractivity contribution in [1.29, 1.82) is 0 Å². The van der Waals surface area contributed by atoms with Gasteiger partial charge in [-0.05, 0) is 24.6 Å². The summed E-state index contributed by atoms with van der Waals surface area (Å²) in [5.41, 5.74) is 1.35. The Kier molecular flexibility index (Phi) is 5.38. The molecule has 0 spiro atoms. The lowest BCUT2D eigenvalue weighted by Gasteiger charge is -2.05. The highest BCUT2D eigenvalue weighted by Gasteiger charge is 2.18. The molecule has 0 unspecified atom stereocenters. The Morgan fingerprint density at radius 3 is 2.67 bits per heavy atom. The zero-order valence-corrected chi connectivity index (χ0v) is 12.9.